The Labute approximate surface area is 120 Å². The van der Waals surface area contributed by atoms with E-state index in [1.54, 1.807) is 4.31 Å². The molecule has 5 heteroatoms. The van der Waals surface area contributed by atoms with Crippen LogP contribution in [0.1, 0.15) is 24.8 Å². The van der Waals surface area contributed by atoms with Gasteiger partial charge < -0.3 is 0 Å². The number of sulfonamides is 1. The minimum absolute atomic E-state index is 0.0150. The van der Waals surface area contributed by atoms with Gasteiger partial charge >= 0.3 is 0 Å². The van der Waals surface area contributed by atoms with Gasteiger partial charge in [-0.1, -0.05) is 37.3 Å². The molecule has 0 saturated carbocycles. The second-order valence-corrected chi connectivity index (χ2v) is 7.58. The van der Waals surface area contributed by atoms with Gasteiger partial charge in [0.25, 0.3) is 0 Å². The number of hydrogen-bond donors (Lipinski definition) is 0. The molecule has 1 heterocycles. The number of benzene rings is 1. The Morgan fingerprint density at radius 2 is 2.05 bits per heavy atom. The topological polar surface area (TPSA) is 37.4 Å². The summed E-state index contributed by atoms with van der Waals surface area (Å²) in [6, 6.07) is 9.78. The molecule has 106 valence electrons. The van der Waals surface area contributed by atoms with Crippen LogP contribution in [-0.2, 0) is 10.0 Å². The van der Waals surface area contributed by atoms with Crippen LogP contribution in [0, 0.1) is 5.92 Å². The fourth-order valence-corrected chi connectivity index (χ4v) is 4.58. The second kappa shape index (κ2) is 6.25. The molecule has 2 atom stereocenters. The molecule has 1 aliphatic rings. The maximum absolute atomic E-state index is 12.4. The standard InChI is InChI=1S/C14H20ClNO2S/c1-12(14-5-3-2-4-6-14)11-19(17,18)16-8-7-13(9-15)10-16/h2-6,12-13H,7-11H2,1H3. The van der Waals surface area contributed by atoms with Crippen molar-refractivity contribution < 1.29 is 8.42 Å². The maximum Gasteiger partial charge on any atom is 0.214 e. The quantitative estimate of drug-likeness (QED) is 0.784. The zero-order valence-corrected chi connectivity index (χ0v) is 12.7. The van der Waals surface area contributed by atoms with Crippen molar-refractivity contribution in [3.63, 3.8) is 0 Å². The van der Waals surface area contributed by atoms with Crippen LogP contribution < -0.4 is 0 Å². The van der Waals surface area contributed by atoms with Gasteiger partial charge in [-0.05, 0) is 23.8 Å². The highest BCUT2D eigenvalue weighted by Gasteiger charge is 2.31. The van der Waals surface area contributed by atoms with Gasteiger partial charge in [-0.25, -0.2) is 12.7 Å². The summed E-state index contributed by atoms with van der Waals surface area (Å²) >= 11 is 5.80. The van der Waals surface area contributed by atoms with E-state index < -0.39 is 10.0 Å². The minimum Gasteiger partial charge on any atom is -0.212 e. The van der Waals surface area contributed by atoms with E-state index in [0.717, 1.165) is 12.0 Å². The Morgan fingerprint density at radius 3 is 2.63 bits per heavy atom. The Balaban J connectivity index is 2.02. The summed E-state index contributed by atoms with van der Waals surface area (Å²) in [7, 11) is -3.18. The lowest BCUT2D eigenvalue weighted by molar-refractivity contribution is 0.462. The first-order chi connectivity index (χ1) is 9.03. The van der Waals surface area contributed by atoms with Crippen molar-refractivity contribution in [2.75, 3.05) is 24.7 Å². The Hall–Kier alpha value is -0.580. The molecule has 1 aromatic carbocycles. The zero-order valence-electron chi connectivity index (χ0n) is 11.1. The average molecular weight is 302 g/mol. The molecule has 0 aromatic heterocycles. The van der Waals surface area contributed by atoms with E-state index in [9.17, 15) is 8.42 Å². The summed E-state index contributed by atoms with van der Waals surface area (Å²) in [6.07, 6.45) is 0.877. The molecule has 0 spiro atoms. The van der Waals surface area contributed by atoms with Gasteiger partial charge in [0.2, 0.25) is 10.0 Å². The van der Waals surface area contributed by atoms with E-state index in [4.69, 9.17) is 11.6 Å². The minimum atomic E-state index is -3.18. The SMILES string of the molecule is CC(CS(=O)(=O)N1CCC(CCl)C1)c1ccccc1. The van der Waals surface area contributed by atoms with Crippen LogP contribution in [0.4, 0.5) is 0 Å². The van der Waals surface area contributed by atoms with Gasteiger partial charge in [-0.2, -0.15) is 0 Å². The van der Waals surface area contributed by atoms with Gasteiger partial charge in [-0.15, -0.1) is 11.6 Å². The van der Waals surface area contributed by atoms with Gasteiger partial charge in [0, 0.05) is 19.0 Å². The molecule has 2 unspecified atom stereocenters. The van der Waals surface area contributed by atoms with E-state index in [2.05, 4.69) is 0 Å². The fourth-order valence-electron chi connectivity index (χ4n) is 2.47. The van der Waals surface area contributed by atoms with Gasteiger partial charge in [0.05, 0.1) is 5.75 Å². The Kier molecular flexibility index (Phi) is 4.87. The molecule has 0 radical (unpaired) electrons. The third-order valence-electron chi connectivity index (χ3n) is 3.69. The Bertz CT molecular complexity index is 503. The van der Waals surface area contributed by atoms with Gasteiger partial charge in [0.1, 0.15) is 0 Å². The van der Waals surface area contributed by atoms with Crippen molar-refractivity contribution in [2.45, 2.75) is 19.3 Å². The van der Waals surface area contributed by atoms with Crippen LogP contribution in [0.2, 0.25) is 0 Å². The van der Waals surface area contributed by atoms with Crippen LogP contribution in [0.5, 0.6) is 0 Å². The number of hydrogen-bond acceptors (Lipinski definition) is 2. The highest BCUT2D eigenvalue weighted by molar-refractivity contribution is 7.89. The van der Waals surface area contributed by atoms with E-state index in [1.165, 1.54) is 0 Å². The third-order valence-corrected chi connectivity index (χ3v) is 6.17. The molecular weight excluding hydrogens is 282 g/mol. The fraction of sp³-hybridized carbons (Fsp3) is 0.571. The monoisotopic (exact) mass is 301 g/mol. The van der Waals surface area contributed by atoms with Crippen LogP contribution in [0.3, 0.4) is 0 Å². The summed E-state index contributed by atoms with van der Waals surface area (Å²) in [4.78, 5) is 0. The molecule has 0 bridgehead atoms. The smallest absolute Gasteiger partial charge is 0.212 e. The number of nitrogens with zero attached hydrogens (tertiary/aromatic N) is 1. The van der Waals surface area contributed by atoms with E-state index in [-0.39, 0.29) is 11.7 Å². The maximum atomic E-state index is 12.4. The largest absolute Gasteiger partial charge is 0.214 e. The molecule has 0 N–H and O–H groups in total. The number of rotatable bonds is 5. The zero-order chi connectivity index (χ0) is 13.9. The molecule has 1 saturated heterocycles. The van der Waals surface area contributed by atoms with E-state index in [0.29, 0.717) is 24.9 Å². The molecule has 1 aromatic rings. The van der Waals surface area contributed by atoms with Crippen LogP contribution >= 0.6 is 11.6 Å². The molecule has 0 amide bonds. The van der Waals surface area contributed by atoms with Gasteiger partial charge in [-0.3, -0.25) is 0 Å². The first-order valence-corrected chi connectivity index (χ1v) is 8.76. The van der Waals surface area contributed by atoms with Crippen molar-refractivity contribution in [2.24, 2.45) is 5.92 Å². The molecular formula is C14H20ClNO2S. The van der Waals surface area contributed by atoms with Crippen molar-refractivity contribution in [3.8, 4) is 0 Å². The van der Waals surface area contributed by atoms with Crippen LogP contribution in [0.15, 0.2) is 30.3 Å². The average Bonchev–Trinajstić information content (AvgIpc) is 2.89. The first kappa shape index (κ1) is 14.8. The molecule has 1 aliphatic heterocycles. The third kappa shape index (κ3) is 3.71. The van der Waals surface area contributed by atoms with Crippen molar-refractivity contribution in [1.82, 2.24) is 4.31 Å². The lowest BCUT2D eigenvalue weighted by Gasteiger charge is -2.19. The lowest BCUT2D eigenvalue weighted by atomic mass is 10.0. The number of alkyl halides is 1. The molecule has 0 aliphatic carbocycles. The van der Waals surface area contributed by atoms with Crippen molar-refractivity contribution in [3.05, 3.63) is 35.9 Å². The first-order valence-electron chi connectivity index (χ1n) is 6.61. The van der Waals surface area contributed by atoms with Crippen molar-refractivity contribution in [1.29, 1.82) is 0 Å². The second-order valence-electron chi connectivity index (χ2n) is 5.26. The van der Waals surface area contributed by atoms with Crippen LogP contribution in [0.25, 0.3) is 0 Å². The van der Waals surface area contributed by atoms with Crippen LogP contribution in [-0.4, -0.2) is 37.4 Å². The van der Waals surface area contributed by atoms with Crippen molar-refractivity contribution >= 4 is 21.6 Å². The predicted octanol–water partition coefficient (Wildman–Crippen LogP) is 2.68. The van der Waals surface area contributed by atoms with Gasteiger partial charge in [0.15, 0.2) is 0 Å². The normalized spacial score (nSPS) is 22.5. The predicted molar refractivity (Wildman–Crippen MR) is 79.0 cm³/mol. The highest BCUT2D eigenvalue weighted by Crippen LogP contribution is 2.24. The summed E-state index contributed by atoms with van der Waals surface area (Å²) in [5, 5.41) is 0. The summed E-state index contributed by atoms with van der Waals surface area (Å²) < 4.78 is 26.3. The Morgan fingerprint density at radius 1 is 1.37 bits per heavy atom. The molecule has 2 rings (SSSR count). The number of halogens is 1. The van der Waals surface area contributed by atoms with E-state index in [1.807, 2.05) is 37.3 Å². The summed E-state index contributed by atoms with van der Waals surface area (Å²) in [5.41, 5.74) is 1.07. The molecule has 3 nitrogen and oxygen atoms in total. The molecule has 19 heavy (non-hydrogen) atoms. The van der Waals surface area contributed by atoms with E-state index >= 15 is 0 Å². The summed E-state index contributed by atoms with van der Waals surface area (Å²) in [5.74, 6) is 1.04. The highest BCUT2D eigenvalue weighted by atomic mass is 35.5. The lowest BCUT2D eigenvalue weighted by Crippen LogP contribution is -2.32. The molecule has 1 fully saturated rings. The summed E-state index contributed by atoms with van der Waals surface area (Å²) in [6.45, 7) is 3.15.